The number of hydrogen-bond acceptors (Lipinski definition) is 4. The first-order chi connectivity index (χ1) is 9.77. The van der Waals surface area contributed by atoms with Gasteiger partial charge in [-0.2, -0.15) is 14.6 Å². The quantitative estimate of drug-likeness (QED) is 0.753. The Morgan fingerprint density at radius 2 is 1.85 bits per heavy atom. The van der Waals surface area contributed by atoms with Gasteiger partial charge >= 0.3 is 0 Å². The molecule has 0 amide bonds. The van der Waals surface area contributed by atoms with E-state index in [0.29, 0.717) is 11.6 Å². The molecule has 0 saturated heterocycles. The van der Waals surface area contributed by atoms with E-state index in [1.807, 2.05) is 0 Å². The molecule has 0 fully saturated rings. The van der Waals surface area contributed by atoms with E-state index < -0.39 is 0 Å². The second kappa shape index (κ2) is 7.22. The molecule has 0 atom stereocenters. The minimum absolute atomic E-state index is 0.603. The van der Waals surface area contributed by atoms with Crippen LogP contribution in [0.5, 0.6) is 0 Å². The molecule has 0 saturated carbocycles. The van der Waals surface area contributed by atoms with Crippen molar-refractivity contribution in [3.05, 3.63) is 17.6 Å². The summed E-state index contributed by atoms with van der Waals surface area (Å²) in [6, 6.07) is 0. The molecular formula is C15H25N5. The molecule has 0 aliphatic heterocycles. The van der Waals surface area contributed by atoms with Crippen molar-refractivity contribution in [1.29, 1.82) is 0 Å². The summed E-state index contributed by atoms with van der Waals surface area (Å²) < 4.78 is 1.64. The first-order valence-corrected chi connectivity index (χ1v) is 7.74. The molecule has 110 valence electrons. The van der Waals surface area contributed by atoms with Crippen LogP contribution in [-0.4, -0.2) is 19.6 Å². The first kappa shape index (κ1) is 14.8. The van der Waals surface area contributed by atoms with Crippen molar-refractivity contribution in [2.24, 2.45) is 0 Å². The van der Waals surface area contributed by atoms with Crippen molar-refractivity contribution < 1.29 is 0 Å². The lowest BCUT2D eigenvalue weighted by Crippen LogP contribution is -2.10. The van der Waals surface area contributed by atoms with E-state index in [1.54, 1.807) is 4.52 Å². The Kier molecular flexibility index (Phi) is 5.32. The lowest BCUT2D eigenvalue weighted by molar-refractivity contribution is 0.605. The summed E-state index contributed by atoms with van der Waals surface area (Å²) >= 11 is 0. The van der Waals surface area contributed by atoms with Gasteiger partial charge in [0.1, 0.15) is 12.1 Å². The Labute approximate surface area is 120 Å². The monoisotopic (exact) mass is 279 g/mol. The van der Waals surface area contributed by atoms with E-state index in [9.17, 15) is 0 Å². The molecule has 5 nitrogen and oxygen atoms in total. The van der Waals surface area contributed by atoms with Crippen molar-refractivity contribution in [2.45, 2.75) is 65.2 Å². The van der Waals surface area contributed by atoms with Gasteiger partial charge in [0.05, 0.1) is 5.69 Å². The first-order valence-electron chi connectivity index (χ1n) is 7.74. The molecule has 0 bridgehead atoms. The molecule has 2 N–H and O–H groups in total. The summed E-state index contributed by atoms with van der Waals surface area (Å²) in [5.41, 5.74) is 8.44. The van der Waals surface area contributed by atoms with Gasteiger partial charge in [0.25, 0.3) is 5.78 Å². The smallest absolute Gasteiger partial charge is 0.254 e. The molecule has 0 aliphatic rings. The average molecular weight is 279 g/mol. The van der Waals surface area contributed by atoms with Gasteiger partial charge in [0.2, 0.25) is 0 Å². The van der Waals surface area contributed by atoms with Crippen LogP contribution in [0.1, 0.15) is 63.6 Å². The summed E-state index contributed by atoms with van der Waals surface area (Å²) in [6.45, 7) is 4.35. The zero-order valence-electron chi connectivity index (χ0n) is 12.6. The van der Waals surface area contributed by atoms with Crippen LogP contribution >= 0.6 is 0 Å². The summed E-state index contributed by atoms with van der Waals surface area (Å²) in [5.74, 6) is 1.31. The molecule has 2 aromatic rings. The predicted octanol–water partition coefficient (Wildman–Crippen LogP) is 3.17. The fourth-order valence-electron chi connectivity index (χ4n) is 2.59. The number of nitrogen functional groups attached to an aromatic ring is 1. The van der Waals surface area contributed by atoms with Gasteiger partial charge in [-0.25, -0.2) is 4.98 Å². The van der Waals surface area contributed by atoms with Crippen molar-refractivity contribution in [3.63, 3.8) is 0 Å². The minimum atomic E-state index is 0.603. The number of nitrogens with zero attached hydrogens (tertiary/aromatic N) is 4. The number of rotatable bonds is 8. The largest absolute Gasteiger partial charge is 0.383 e. The Morgan fingerprint density at radius 3 is 2.60 bits per heavy atom. The summed E-state index contributed by atoms with van der Waals surface area (Å²) in [7, 11) is 0. The molecule has 5 heteroatoms. The highest BCUT2D eigenvalue weighted by atomic mass is 16.2. The van der Waals surface area contributed by atoms with Gasteiger partial charge in [-0.15, -0.1) is 0 Å². The molecule has 0 unspecified atom stereocenters. The summed E-state index contributed by atoms with van der Waals surface area (Å²) in [6.07, 6.45) is 11.1. The average Bonchev–Trinajstić information content (AvgIpc) is 2.93. The number of anilines is 1. The Morgan fingerprint density at radius 1 is 1.10 bits per heavy atom. The number of aryl methyl sites for hydroxylation is 1. The van der Waals surface area contributed by atoms with E-state index in [-0.39, 0.29) is 0 Å². The molecular weight excluding hydrogens is 254 g/mol. The maximum absolute atomic E-state index is 6.22. The number of nitrogens with two attached hydrogens (primary N) is 1. The highest BCUT2D eigenvalue weighted by Gasteiger charge is 2.12. The van der Waals surface area contributed by atoms with Crippen LogP contribution in [0, 0.1) is 0 Å². The standard InChI is InChI=1S/C15H25N5/c1-3-5-6-7-8-9-10-12-13(4-2)19-15-17-11-18-20(15)14(12)16/h11H,3-10,16H2,1-2H3/i11+1,15+1,18+1,20+1. The highest BCUT2D eigenvalue weighted by Crippen LogP contribution is 2.20. The number of fused-ring (bicyclic) bond motifs is 1. The van der Waals surface area contributed by atoms with Gasteiger partial charge in [0.15, 0.2) is 0 Å². The van der Waals surface area contributed by atoms with E-state index in [1.165, 1.54) is 44.9 Å². The van der Waals surface area contributed by atoms with Crippen LogP contribution in [0.4, 0.5) is 5.82 Å². The molecule has 0 aromatic carbocycles. The molecule has 2 heterocycles. The van der Waals surface area contributed by atoms with E-state index in [2.05, 4.69) is 28.9 Å². The minimum Gasteiger partial charge on any atom is -0.383 e. The van der Waals surface area contributed by atoms with Gasteiger partial charge in [-0.05, 0) is 19.3 Å². The fourth-order valence-corrected chi connectivity index (χ4v) is 2.59. The second-order valence-electron chi connectivity index (χ2n) is 5.27. The second-order valence-corrected chi connectivity index (χ2v) is 5.27. The maximum Gasteiger partial charge on any atom is 0.254 e. The van der Waals surface area contributed by atoms with Crippen LogP contribution in [0.25, 0.3) is 5.78 Å². The SMILES string of the molecule is CCCCCCCCc1c(CC)n[13c]2n[13cH][15n][15n]2c1N. The van der Waals surface area contributed by atoms with Crippen LogP contribution < -0.4 is 5.73 Å². The van der Waals surface area contributed by atoms with Crippen LogP contribution in [0.2, 0.25) is 0 Å². The normalized spacial score (nSPS) is 11.3. The predicted molar refractivity (Wildman–Crippen MR) is 81.7 cm³/mol. The van der Waals surface area contributed by atoms with E-state index in [4.69, 9.17) is 5.73 Å². The van der Waals surface area contributed by atoms with Crippen molar-refractivity contribution >= 4 is 11.6 Å². The van der Waals surface area contributed by atoms with Crippen LogP contribution in [-0.2, 0) is 12.8 Å². The molecule has 0 radical (unpaired) electrons. The third-order valence-corrected chi connectivity index (χ3v) is 3.77. The van der Waals surface area contributed by atoms with Crippen molar-refractivity contribution in [2.75, 3.05) is 5.73 Å². The van der Waals surface area contributed by atoms with Gasteiger partial charge in [-0.1, -0.05) is 46.0 Å². The van der Waals surface area contributed by atoms with Crippen LogP contribution in [0.3, 0.4) is 0 Å². The van der Waals surface area contributed by atoms with E-state index >= 15 is 0 Å². The zero-order chi connectivity index (χ0) is 14.4. The Hall–Kier alpha value is -1.65. The summed E-state index contributed by atoms with van der Waals surface area (Å²) in [4.78, 5) is 8.67. The van der Waals surface area contributed by atoms with Crippen LogP contribution in [0.15, 0.2) is 6.33 Å². The van der Waals surface area contributed by atoms with Crippen molar-refractivity contribution in [3.8, 4) is 0 Å². The third-order valence-electron chi connectivity index (χ3n) is 3.77. The zero-order valence-corrected chi connectivity index (χ0v) is 12.6. The number of unbranched alkanes of at least 4 members (excludes halogenated alkanes) is 5. The summed E-state index contributed by atoms with van der Waals surface area (Å²) in [5, 5.41) is 4.14. The fraction of sp³-hybridized carbons (Fsp3) is 0.667. The topological polar surface area (TPSA) is 69.1 Å². The lowest BCUT2D eigenvalue weighted by atomic mass is 10.0. The third kappa shape index (κ3) is 3.26. The molecule has 2 aromatic heterocycles. The maximum atomic E-state index is 6.22. The Balaban J connectivity index is 2.02. The van der Waals surface area contributed by atoms with Gasteiger partial charge in [0, 0.05) is 5.56 Å². The molecule has 0 aliphatic carbocycles. The lowest BCUT2D eigenvalue weighted by Gasteiger charge is -2.11. The van der Waals surface area contributed by atoms with Gasteiger partial charge in [-0.3, -0.25) is 0 Å². The number of hydrogen-bond donors (Lipinski definition) is 1. The van der Waals surface area contributed by atoms with E-state index in [0.717, 1.165) is 24.1 Å². The molecule has 0 spiro atoms. The molecule has 20 heavy (non-hydrogen) atoms. The van der Waals surface area contributed by atoms with Gasteiger partial charge < -0.3 is 5.73 Å². The number of aromatic nitrogens is 4. The molecule has 2 rings (SSSR count). The van der Waals surface area contributed by atoms with Crippen molar-refractivity contribution in [1.82, 2.24) is 19.6 Å². The highest BCUT2D eigenvalue weighted by molar-refractivity contribution is 5.49. The Bertz CT molecular complexity index is 546.